The first-order chi connectivity index (χ1) is 12.6. The first kappa shape index (κ1) is 18.1. The van der Waals surface area contributed by atoms with Gasteiger partial charge in [-0.1, -0.05) is 24.3 Å². The second-order valence-corrected chi connectivity index (χ2v) is 6.18. The number of nitrogens with one attached hydrogen (secondary N) is 1. The van der Waals surface area contributed by atoms with Crippen molar-refractivity contribution in [3.63, 3.8) is 0 Å². The van der Waals surface area contributed by atoms with Gasteiger partial charge in [0.05, 0.1) is 25.3 Å². The van der Waals surface area contributed by atoms with Gasteiger partial charge in [0.15, 0.2) is 0 Å². The largest absolute Gasteiger partial charge is 0.378 e. The molecule has 5 nitrogen and oxygen atoms in total. The predicted molar refractivity (Wildman–Crippen MR) is 99.9 cm³/mol. The number of amides is 1. The Hall–Kier alpha value is -2.73. The summed E-state index contributed by atoms with van der Waals surface area (Å²) < 4.78 is 18.2. The van der Waals surface area contributed by atoms with Gasteiger partial charge in [0.2, 0.25) is 5.91 Å². The molecular formula is C20H22FN3O2. The first-order valence-electron chi connectivity index (χ1n) is 8.62. The Bertz CT molecular complexity index is 767. The maximum absolute atomic E-state index is 12.9. The normalized spacial score (nSPS) is 15.0. The van der Waals surface area contributed by atoms with Crippen LogP contribution in [0.1, 0.15) is 18.1 Å². The van der Waals surface area contributed by atoms with E-state index in [4.69, 9.17) is 4.74 Å². The number of ether oxygens (including phenoxy) is 1. The molecule has 0 saturated carbocycles. The Labute approximate surface area is 152 Å². The number of hydrogen-bond acceptors (Lipinski definition) is 4. The van der Waals surface area contributed by atoms with Crippen molar-refractivity contribution in [3.8, 4) is 0 Å². The predicted octanol–water partition coefficient (Wildman–Crippen LogP) is 2.75. The third kappa shape index (κ3) is 4.89. The van der Waals surface area contributed by atoms with Crippen LogP contribution in [0.5, 0.6) is 0 Å². The topological polar surface area (TPSA) is 53.9 Å². The summed E-state index contributed by atoms with van der Waals surface area (Å²) in [5, 5.41) is 4.16. The number of morpholine rings is 1. The highest BCUT2D eigenvalue weighted by Crippen LogP contribution is 2.17. The molecule has 0 aliphatic carbocycles. The summed E-state index contributed by atoms with van der Waals surface area (Å²) in [7, 11) is 0. The van der Waals surface area contributed by atoms with Gasteiger partial charge in [0.1, 0.15) is 5.82 Å². The Morgan fingerprint density at radius 2 is 1.77 bits per heavy atom. The fourth-order valence-electron chi connectivity index (χ4n) is 2.77. The standard InChI is InChI=1S/C20H22FN3O2/c1-15(22-23-20(25)14-16-2-6-18(21)7-3-16)17-4-8-19(9-5-17)24-10-12-26-13-11-24/h2-9H,10-14H2,1H3,(H,23,25)/b22-15-. The molecule has 1 N–H and O–H groups in total. The Kier molecular flexibility index (Phi) is 5.96. The molecule has 1 saturated heterocycles. The van der Waals surface area contributed by atoms with Crippen LogP contribution in [0.3, 0.4) is 0 Å². The number of anilines is 1. The molecule has 0 unspecified atom stereocenters. The molecule has 0 radical (unpaired) electrons. The first-order valence-corrected chi connectivity index (χ1v) is 8.62. The highest BCUT2D eigenvalue weighted by atomic mass is 19.1. The monoisotopic (exact) mass is 355 g/mol. The molecule has 136 valence electrons. The van der Waals surface area contributed by atoms with Crippen molar-refractivity contribution < 1.29 is 13.9 Å². The molecule has 0 spiro atoms. The van der Waals surface area contributed by atoms with E-state index in [1.165, 1.54) is 12.1 Å². The minimum atomic E-state index is -0.316. The van der Waals surface area contributed by atoms with Crippen LogP contribution >= 0.6 is 0 Å². The van der Waals surface area contributed by atoms with Crippen LogP contribution in [0.2, 0.25) is 0 Å². The van der Waals surface area contributed by atoms with E-state index in [2.05, 4.69) is 27.6 Å². The maximum Gasteiger partial charge on any atom is 0.244 e. The van der Waals surface area contributed by atoms with Crippen molar-refractivity contribution in [2.75, 3.05) is 31.2 Å². The number of hydrogen-bond donors (Lipinski definition) is 1. The molecule has 26 heavy (non-hydrogen) atoms. The highest BCUT2D eigenvalue weighted by molar-refractivity contribution is 5.99. The molecule has 1 fully saturated rings. The van der Waals surface area contributed by atoms with Crippen molar-refractivity contribution in [3.05, 3.63) is 65.5 Å². The second-order valence-electron chi connectivity index (χ2n) is 6.18. The zero-order valence-corrected chi connectivity index (χ0v) is 14.7. The zero-order valence-electron chi connectivity index (χ0n) is 14.7. The fraction of sp³-hybridized carbons (Fsp3) is 0.300. The van der Waals surface area contributed by atoms with Crippen LogP contribution in [0.25, 0.3) is 0 Å². The van der Waals surface area contributed by atoms with E-state index < -0.39 is 0 Å². The number of benzene rings is 2. The van der Waals surface area contributed by atoms with Crippen LogP contribution in [-0.2, 0) is 16.0 Å². The van der Waals surface area contributed by atoms with E-state index in [0.717, 1.165) is 48.8 Å². The van der Waals surface area contributed by atoms with Crippen molar-refractivity contribution >= 4 is 17.3 Å². The van der Waals surface area contributed by atoms with Crippen LogP contribution < -0.4 is 10.3 Å². The van der Waals surface area contributed by atoms with E-state index in [1.54, 1.807) is 12.1 Å². The van der Waals surface area contributed by atoms with E-state index in [9.17, 15) is 9.18 Å². The van der Waals surface area contributed by atoms with E-state index >= 15 is 0 Å². The van der Waals surface area contributed by atoms with Crippen LogP contribution in [0.15, 0.2) is 53.6 Å². The van der Waals surface area contributed by atoms with Gasteiger partial charge >= 0.3 is 0 Å². The summed E-state index contributed by atoms with van der Waals surface area (Å²) in [4.78, 5) is 14.2. The summed E-state index contributed by atoms with van der Waals surface area (Å²) in [6, 6.07) is 14.0. The summed E-state index contributed by atoms with van der Waals surface area (Å²) in [6.45, 7) is 5.14. The molecule has 2 aromatic carbocycles. The molecule has 0 atom stereocenters. The van der Waals surface area contributed by atoms with E-state index in [-0.39, 0.29) is 18.1 Å². The van der Waals surface area contributed by atoms with Crippen LogP contribution in [-0.4, -0.2) is 37.9 Å². The van der Waals surface area contributed by atoms with Crippen molar-refractivity contribution in [1.82, 2.24) is 5.43 Å². The smallest absolute Gasteiger partial charge is 0.244 e. The Balaban J connectivity index is 1.56. The second kappa shape index (κ2) is 8.58. The van der Waals surface area contributed by atoms with Crippen molar-refractivity contribution in [2.24, 2.45) is 5.10 Å². The molecule has 0 bridgehead atoms. The number of carbonyl (C=O) groups excluding carboxylic acids is 1. The quantitative estimate of drug-likeness (QED) is 0.663. The summed E-state index contributed by atoms with van der Waals surface area (Å²) in [5.74, 6) is -0.551. The Morgan fingerprint density at radius 3 is 2.42 bits per heavy atom. The van der Waals surface area contributed by atoms with Gasteiger partial charge in [0, 0.05) is 18.8 Å². The number of halogens is 1. The summed E-state index contributed by atoms with van der Waals surface area (Å²) in [6.07, 6.45) is 0.160. The SMILES string of the molecule is C/C(=N/NC(=O)Cc1ccc(F)cc1)c1ccc(N2CCOCC2)cc1. The number of carbonyl (C=O) groups is 1. The van der Waals surface area contributed by atoms with Crippen LogP contribution in [0.4, 0.5) is 10.1 Å². The molecule has 1 aliphatic heterocycles. The maximum atomic E-state index is 12.9. The highest BCUT2D eigenvalue weighted by Gasteiger charge is 2.11. The van der Waals surface area contributed by atoms with Crippen molar-refractivity contribution in [2.45, 2.75) is 13.3 Å². The number of nitrogens with zero attached hydrogens (tertiary/aromatic N) is 2. The molecule has 1 heterocycles. The minimum Gasteiger partial charge on any atom is -0.378 e. The number of hydrazone groups is 1. The lowest BCUT2D eigenvalue weighted by atomic mass is 10.1. The van der Waals surface area contributed by atoms with Gasteiger partial charge in [-0.15, -0.1) is 0 Å². The summed E-state index contributed by atoms with van der Waals surface area (Å²) in [5.41, 5.74) is 6.13. The van der Waals surface area contributed by atoms with E-state index in [0.29, 0.717) is 0 Å². The molecule has 2 aromatic rings. The van der Waals surface area contributed by atoms with Gasteiger partial charge in [0.25, 0.3) is 0 Å². The zero-order chi connectivity index (χ0) is 18.4. The average Bonchev–Trinajstić information content (AvgIpc) is 2.69. The molecule has 6 heteroatoms. The van der Waals surface area contributed by atoms with Gasteiger partial charge in [-0.25, -0.2) is 9.82 Å². The minimum absolute atomic E-state index is 0.160. The van der Waals surface area contributed by atoms with Crippen LogP contribution in [0, 0.1) is 5.82 Å². The lowest BCUT2D eigenvalue weighted by Crippen LogP contribution is -2.36. The van der Waals surface area contributed by atoms with Gasteiger partial charge in [-0.2, -0.15) is 5.10 Å². The van der Waals surface area contributed by atoms with Gasteiger partial charge < -0.3 is 9.64 Å². The number of rotatable bonds is 5. The van der Waals surface area contributed by atoms with Gasteiger partial charge in [-0.05, 0) is 42.3 Å². The van der Waals surface area contributed by atoms with Crippen molar-refractivity contribution in [1.29, 1.82) is 0 Å². The lowest BCUT2D eigenvalue weighted by molar-refractivity contribution is -0.120. The average molecular weight is 355 g/mol. The third-order valence-electron chi connectivity index (χ3n) is 4.29. The molecule has 1 aliphatic rings. The molecular weight excluding hydrogens is 333 g/mol. The molecule has 3 rings (SSSR count). The molecule has 1 amide bonds. The molecule has 0 aromatic heterocycles. The third-order valence-corrected chi connectivity index (χ3v) is 4.29. The fourth-order valence-corrected chi connectivity index (χ4v) is 2.77. The van der Waals surface area contributed by atoms with Gasteiger partial charge in [-0.3, -0.25) is 4.79 Å². The summed E-state index contributed by atoms with van der Waals surface area (Å²) >= 11 is 0. The van der Waals surface area contributed by atoms with E-state index in [1.807, 2.05) is 19.1 Å². The Morgan fingerprint density at radius 1 is 1.12 bits per heavy atom. The lowest BCUT2D eigenvalue weighted by Gasteiger charge is -2.28.